The number of aromatic amines is 1. The molecule has 2 N–H and O–H groups in total. The summed E-state index contributed by atoms with van der Waals surface area (Å²) in [6, 6.07) is 12.8. The van der Waals surface area contributed by atoms with E-state index in [1.165, 1.54) is 24.3 Å². The molecule has 1 unspecified atom stereocenters. The average Bonchev–Trinajstić information content (AvgIpc) is 2.92. The molecule has 0 aliphatic rings. The zero-order valence-corrected chi connectivity index (χ0v) is 11.4. The number of amides is 1. The second-order valence-electron chi connectivity index (χ2n) is 4.84. The molecule has 3 aromatic rings. The second-order valence-corrected chi connectivity index (χ2v) is 4.84. The first kappa shape index (κ1) is 13.3. The zero-order valence-electron chi connectivity index (χ0n) is 11.4. The fourth-order valence-electron chi connectivity index (χ4n) is 2.13. The normalized spacial score (nSPS) is 12.3. The van der Waals surface area contributed by atoms with Gasteiger partial charge in [-0.2, -0.15) is 0 Å². The Balaban J connectivity index is 1.77. The van der Waals surface area contributed by atoms with Crippen LogP contribution in [-0.2, 0) is 0 Å². The van der Waals surface area contributed by atoms with Gasteiger partial charge in [-0.05, 0) is 43.3 Å². The predicted octanol–water partition coefficient (Wildman–Crippen LogP) is 3.19. The first-order chi connectivity index (χ1) is 10.1. The summed E-state index contributed by atoms with van der Waals surface area (Å²) >= 11 is 0. The highest BCUT2D eigenvalue weighted by Crippen LogP contribution is 2.16. The Bertz CT molecular complexity index is 747. The lowest BCUT2D eigenvalue weighted by molar-refractivity contribution is 0.0938. The molecule has 3 rings (SSSR count). The first-order valence-corrected chi connectivity index (χ1v) is 6.64. The summed E-state index contributed by atoms with van der Waals surface area (Å²) in [6.07, 6.45) is 0. The molecule has 1 atom stereocenters. The van der Waals surface area contributed by atoms with Gasteiger partial charge in [0.1, 0.15) is 11.6 Å². The second kappa shape index (κ2) is 5.36. The van der Waals surface area contributed by atoms with Gasteiger partial charge in [0, 0.05) is 5.56 Å². The van der Waals surface area contributed by atoms with Gasteiger partial charge >= 0.3 is 0 Å². The summed E-state index contributed by atoms with van der Waals surface area (Å²) in [5, 5.41) is 2.84. The molecular weight excluding hydrogens is 269 g/mol. The van der Waals surface area contributed by atoms with Gasteiger partial charge in [0.05, 0.1) is 17.1 Å². The van der Waals surface area contributed by atoms with Crippen molar-refractivity contribution in [3.63, 3.8) is 0 Å². The summed E-state index contributed by atoms with van der Waals surface area (Å²) < 4.78 is 12.8. The van der Waals surface area contributed by atoms with Crippen molar-refractivity contribution in [3.8, 4) is 0 Å². The Morgan fingerprint density at radius 3 is 2.62 bits per heavy atom. The molecule has 106 valence electrons. The summed E-state index contributed by atoms with van der Waals surface area (Å²) in [5.41, 5.74) is 2.20. The third-order valence-electron chi connectivity index (χ3n) is 3.27. The average molecular weight is 283 g/mol. The van der Waals surface area contributed by atoms with Crippen LogP contribution in [0.4, 0.5) is 4.39 Å². The number of hydrogen-bond acceptors (Lipinski definition) is 2. The molecule has 0 radical (unpaired) electrons. The molecule has 0 saturated carbocycles. The molecule has 0 aliphatic heterocycles. The van der Waals surface area contributed by atoms with E-state index in [9.17, 15) is 9.18 Å². The lowest BCUT2D eigenvalue weighted by Gasteiger charge is -2.11. The number of para-hydroxylation sites is 2. The molecule has 0 fully saturated rings. The van der Waals surface area contributed by atoms with Gasteiger partial charge in [0.2, 0.25) is 0 Å². The summed E-state index contributed by atoms with van der Waals surface area (Å²) in [5.74, 6) is 0.0616. The van der Waals surface area contributed by atoms with Crippen molar-refractivity contribution >= 4 is 16.9 Å². The van der Waals surface area contributed by atoms with Crippen molar-refractivity contribution in [1.82, 2.24) is 15.3 Å². The summed E-state index contributed by atoms with van der Waals surface area (Å²) in [4.78, 5) is 19.7. The number of aromatic nitrogens is 2. The summed E-state index contributed by atoms with van der Waals surface area (Å²) in [6.45, 7) is 1.85. The maximum atomic E-state index is 12.8. The number of rotatable bonds is 3. The Morgan fingerprint density at radius 1 is 1.19 bits per heavy atom. The third-order valence-corrected chi connectivity index (χ3v) is 3.27. The van der Waals surface area contributed by atoms with Crippen molar-refractivity contribution in [2.24, 2.45) is 0 Å². The largest absolute Gasteiger partial charge is 0.342 e. The first-order valence-electron chi connectivity index (χ1n) is 6.64. The lowest BCUT2D eigenvalue weighted by Crippen LogP contribution is -2.27. The molecule has 0 bridgehead atoms. The number of halogens is 1. The Labute approximate surface area is 121 Å². The topological polar surface area (TPSA) is 57.8 Å². The Kier molecular flexibility index (Phi) is 3.39. The SMILES string of the molecule is CC(NC(=O)c1ccc(F)cc1)c1nc2ccccc2[nH]1. The van der Waals surface area contributed by atoms with E-state index in [-0.39, 0.29) is 17.8 Å². The van der Waals surface area contributed by atoms with Crippen LogP contribution in [0.1, 0.15) is 29.1 Å². The van der Waals surface area contributed by atoms with Crippen LogP contribution in [0, 0.1) is 5.82 Å². The standard InChI is InChI=1S/C16H14FN3O/c1-10(15-19-13-4-2-3-5-14(13)20-15)18-16(21)11-6-8-12(17)9-7-11/h2-10H,1H3,(H,18,21)(H,19,20). The van der Waals surface area contributed by atoms with Crippen LogP contribution in [0.15, 0.2) is 48.5 Å². The van der Waals surface area contributed by atoms with Gasteiger partial charge in [0.15, 0.2) is 0 Å². The number of carbonyl (C=O) groups is 1. The fraction of sp³-hybridized carbons (Fsp3) is 0.125. The van der Waals surface area contributed by atoms with E-state index in [4.69, 9.17) is 0 Å². The molecule has 21 heavy (non-hydrogen) atoms. The number of nitrogens with one attached hydrogen (secondary N) is 2. The van der Waals surface area contributed by atoms with Crippen LogP contribution in [0.5, 0.6) is 0 Å². The molecule has 1 heterocycles. The van der Waals surface area contributed by atoms with Gasteiger partial charge in [0.25, 0.3) is 5.91 Å². The van der Waals surface area contributed by atoms with Crippen molar-refractivity contribution < 1.29 is 9.18 Å². The monoisotopic (exact) mass is 283 g/mol. The van der Waals surface area contributed by atoms with Crippen LogP contribution < -0.4 is 5.32 Å². The highest BCUT2D eigenvalue weighted by atomic mass is 19.1. The molecule has 0 spiro atoms. The van der Waals surface area contributed by atoms with Gasteiger partial charge < -0.3 is 10.3 Å². The quantitative estimate of drug-likeness (QED) is 0.775. The van der Waals surface area contributed by atoms with E-state index in [1.807, 2.05) is 31.2 Å². The highest BCUT2D eigenvalue weighted by Gasteiger charge is 2.14. The Hall–Kier alpha value is -2.69. The van der Waals surface area contributed by atoms with Crippen LogP contribution in [-0.4, -0.2) is 15.9 Å². The van der Waals surface area contributed by atoms with Crippen LogP contribution in [0.2, 0.25) is 0 Å². The maximum absolute atomic E-state index is 12.8. The number of imidazole rings is 1. The minimum Gasteiger partial charge on any atom is -0.342 e. The zero-order chi connectivity index (χ0) is 14.8. The fourth-order valence-corrected chi connectivity index (χ4v) is 2.13. The predicted molar refractivity (Wildman–Crippen MR) is 78.4 cm³/mol. The van der Waals surface area contributed by atoms with E-state index in [0.717, 1.165) is 11.0 Å². The van der Waals surface area contributed by atoms with Crippen molar-refractivity contribution in [2.45, 2.75) is 13.0 Å². The number of benzene rings is 2. The van der Waals surface area contributed by atoms with Crippen LogP contribution >= 0.6 is 0 Å². The maximum Gasteiger partial charge on any atom is 0.251 e. The molecule has 5 heteroatoms. The summed E-state index contributed by atoms with van der Waals surface area (Å²) in [7, 11) is 0. The number of H-pyrrole nitrogens is 1. The molecular formula is C16H14FN3O. The van der Waals surface area contributed by atoms with Gasteiger partial charge in [-0.15, -0.1) is 0 Å². The number of carbonyl (C=O) groups excluding carboxylic acids is 1. The third kappa shape index (κ3) is 2.76. The number of fused-ring (bicyclic) bond motifs is 1. The highest BCUT2D eigenvalue weighted by molar-refractivity contribution is 5.94. The number of nitrogens with zero attached hydrogens (tertiary/aromatic N) is 1. The minimum atomic E-state index is -0.364. The molecule has 4 nitrogen and oxygen atoms in total. The molecule has 1 amide bonds. The van der Waals surface area contributed by atoms with E-state index >= 15 is 0 Å². The smallest absolute Gasteiger partial charge is 0.251 e. The van der Waals surface area contributed by atoms with Crippen molar-refractivity contribution in [3.05, 3.63) is 65.7 Å². The lowest BCUT2D eigenvalue weighted by atomic mass is 10.2. The van der Waals surface area contributed by atoms with Gasteiger partial charge in [-0.1, -0.05) is 12.1 Å². The minimum absolute atomic E-state index is 0.261. The van der Waals surface area contributed by atoms with Crippen molar-refractivity contribution in [2.75, 3.05) is 0 Å². The van der Waals surface area contributed by atoms with E-state index in [1.54, 1.807) is 0 Å². The molecule has 1 aromatic heterocycles. The van der Waals surface area contributed by atoms with Crippen molar-refractivity contribution in [1.29, 1.82) is 0 Å². The van der Waals surface area contributed by atoms with E-state index in [0.29, 0.717) is 11.4 Å². The Morgan fingerprint density at radius 2 is 1.90 bits per heavy atom. The van der Waals surface area contributed by atoms with Gasteiger partial charge in [-0.3, -0.25) is 4.79 Å². The molecule has 0 aliphatic carbocycles. The van der Waals surface area contributed by atoms with E-state index in [2.05, 4.69) is 15.3 Å². The van der Waals surface area contributed by atoms with Crippen LogP contribution in [0.25, 0.3) is 11.0 Å². The number of hydrogen-bond donors (Lipinski definition) is 2. The molecule has 2 aromatic carbocycles. The van der Waals surface area contributed by atoms with Gasteiger partial charge in [-0.25, -0.2) is 9.37 Å². The van der Waals surface area contributed by atoms with Crippen LogP contribution in [0.3, 0.4) is 0 Å². The van der Waals surface area contributed by atoms with E-state index < -0.39 is 0 Å². The molecule has 0 saturated heterocycles.